The molecule has 0 fully saturated rings. The highest BCUT2D eigenvalue weighted by molar-refractivity contribution is 7.14. The third kappa shape index (κ3) is 5.46. The summed E-state index contributed by atoms with van der Waals surface area (Å²) in [7, 11) is 3.83. The van der Waals surface area contributed by atoms with Gasteiger partial charge in [-0.2, -0.15) is 0 Å². The van der Waals surface area contributed by atoms with E-state index < -0.39 is 17.6 Å². The minimum absolute atomic E-state index is 0.213. The van der Waals surface area contributed by atoms with Crippen molar-refractivity contribution in [3.05, 3.63) is 76.1 Å². The molecule has 2 amide bonds. The number of fused-ring (bicyclic) bond motifs is 1. The topological polar surface area (TPSA) is 117 Å². The van der Waals surface area contributed by atoms with Crippen LogP contribution in [0.5, 0.6) is 0 Å². The third-order valence-corrected chi connectivity index (χ3v) is 7.38. The molecule has 190 valence electrons. The molecule has 0 atom stereocenters. The van der Waals surface area contributed by atoms with Crippen LogP contribution in [0.3, 0.4) is 0 Å². The van der Waals surface area contributed by atoms with Gasteiger partial charge in [0.05, 0.1) is 5.69 Å². The zero-order valence-electron chi connectivity index (χ0n) is 21.4. The molecule has 0 saturated heterocycles. The number of nitrogens with zero attached hydrogens (tertiary/aromatic N) is 2. The molecule has 0 aliphatic carbocycles. The number of primary amides is 1. The molecule has 0 aliphatic heterocycles. The number of carbonyl (C=O) groups is 3. The maximum Gasteiger partial charge on any atom is 0.296 e. The van der Waals surface area contributed by atoms with Gasteiger partial charge in [0.2, 0.25) is 0 Å². The summed E-state index contributed by atoms with van der Waals surface area (Å²) in [6, 6.07) is 16.3. The molecule has 9 heteroatoms. The van der Waals surface area contributed by atoms with Crippen LogP contribution in [-0.4, -0.2) is 36.7 Å². The van der Waals surface area contributed by atoms with Gasteiger partial charge in [0, 0.05) is 53.6 Å². The fourth-order valence-corrected chi connectivity index (χ4v) is 4.86. The molecule has 0 radical (unpaired) electrons. The Morgan fingerprint density at radius 2 is 1.65 bits per heavy atom. The summed E-state index contributed by atoms with van der Waals surface area (Å²) in [6.45, 7) is 5.99. The Balaban J connectivity index is 1.65. The average molecular weight is 516 g/mol. The molecule has 8 nitrogen and oxygen atoms in total. The van der Waals surface area contributed by atoms with E-state index in [0.717, 1.165) is 27.5 Å². The first-order valence-electron chi connectivity index (χ1n) is 11.7. The highest BCUT2D eigenvalue weighted by atomic mass is 32.1. The number of amides is 2. The minimum atomic E-state index is -0.837. The van der Waals surface area contributed by atoms with E-state index in [9.17, 15) is 14.4 Å². The van der Waals surface area contributed by atoms with Gasteiger partial charge >= 0.3 is 0 Å². The van der Waals surface area contributed by atoms with Crippen molar-refractivity contribution in [2.24, 2.45) is 5.73 Å². The van der Waals surface area contributed by atoms with Gasteiger partial charge in [-0.1, -0.05) is 45.0 Å². The Bertz CT molecular complexity index is 1520. The Labute approximate surface area is 219 Å². The summed E-state index contributed by atoms with van der Waals surface area (Å²) in [4.78, 5) is 45.6. The lowest BCUT2D eigenvalue weighted by atomic mass is 9.94. The van der Waals surface area contributed by atoms with Gasteiger partial charge in [-0.25, -0.2) is 4.98 Å². The summed E-state index contributed by atoms with van der Waals surface area (Å²) in [6.07, 6.45) is 1.72. The van der Waals surface area contributed by atoms with Gasteiger partial charge in [0.25, 0.3) is 17.6 Å². The van der Waals surface area contributed by atoms with Crippen molar-refractivity contribution in [1.82, 2.24) is 4.98 Å². The molecular weight excluding hydrogens is 486 g/mol. The fraction of sp³-hybridized carbons (Fsp3) is 0.214. The number of aromatic nitrogens is 1. The van der Waals surface area contributed by atoms with E-state index in [1.165, 1.54) is 11.3 Å². The van der Waals surface area contributed by atoms with Gasteiger partial charge in [-0.3, -0.25) is 14.4 Å². The molecule has 4 aromatic rings. The first kappa shape index (κ1) is 25.8. The Morgan fingerprint density at radius 3 is 2.30 bits per heavy atom. The van der Waals surface area contributed by atoms with Crippen molar-refractivity contribution in [3.8, 4) is 0 Å². The Kier molecular flexibility index (Phi) is 7.00. The molecular formula is C28H29N5O3S. The number of nitrogens with one attached hydrogen (secondary N) is 2. The second-order valence-electron chi connectivity index (χ2n) is 9.88. The van der Waals surface area contributed by atoms with Crippen LogP contribution in [0.2, 0.25) is 0 Å². The quantitative estimate of drug-likeness (QED) is 0.226. The zero-order valence-corrected chi connectivity index (χ0v) is 22.2. The molecule has 4 rings (SSSR count). The number of Topliss-reactive ketones (excluding diaryl/α,β-unsaturated/α-hetero) is 1. The summed E-state index contributed by atoms with van der Waals surface area (Å²) in [5.41, 5.74) is 7.42. The Morgan fingerprint density at radius 1 is 0.946 bits per heavy atom. The number of pyridine rings is 1. The number of hydrogen-bond donors (Lipinski definition) is 3. The summed E-state index contributed by atoms with van der Waals surface area (Å²) in [5, 5.41) is 7.41. The largest absolute Gasteiger partial charge is 0.365 e. The van der Waals surface area contributed by atoms with Gasteiger partial charge in [-0.05, 0) is 35.1 Å². The third-order valence-electron chi connectivity index (χ3n) is 5.80. The highest BCUT2D eigenvalue weighted by Crippen LogP contribution is 2.36. The summed E-state index contributed by atoms with van der Waals surface area (Å²) < 4.78 is 0. The first-order valence-corrected chi connectivity index (χ1v) is 12.5. The molecule has 0 bridgehead atoms. The molecule has 2 heterocycles. The van der Waals surface area contributed by atoms with Gasteiger partial charge in [0.1, 0.15) is 10.7 Å². The van der Waals surface area contributed by atoms with E-state index in [2.05, 4.69) is 15.6 Å². The first-order chi connectivity index (χ1) is 17.5. The number of carbonyl (C=O) groups excluding carboxylic acids is 3. The van der Waals surface area contributed by atoms with Crippen molar-refractivity contribution in [3.63, 3.8) is 0 Å². The van der Waals surface area contributed by atoms with Gasteiger partial charge in [-0.15, -0.1) is 11.3 Å². The average Bonchev–Trinajstić information content (AvgIpc) is 3.29. The number of benzene rings is 2. The molecule has 37 heavy (non-hydrogen) atoms. The predicted octanol–water partition coefficient (Wildman–Crippen LogP) is 5.32. The van der Waals surface area contributed by atoms with E-state index >= 15 is 0 Å². The minimum Gasteiger partial charge on any atom is -0.365 e. The zero-order chi connectivity index (χ0) is 26.9. The van der Waals surface area contributed by atoms with Crippen LogP contribution in [0, 0.1) is 0 Å². The lowest BCUT2D eigenvalue weighted by molar-refractivity contribution is -0.112. The van der Waals surface area contributed by atoms with Crippen LogP contribution < -0.4 is 21.3 Å². The number of nitrogens with two attached hydrogens (primary N) is 1. The SMILES string of the molecule is CN(C)c1cc(Nc2ccc(C(=O)C(=O)Nc3cc(C(C)(C)C)sc3C(N)=O)c3ccccc23)ccn1. The van der Waals surface area contributed by atoms with Gasteiger partial charge < -0.3 is 21.3 Å². The molecule has 0 aliphatic rings. The van der Waals surface area contributed by atoms with Gasteiger partial charge in [0.15, 0.2) is 0 Å². The van der Waals surface area contributed by atoms with Crippen LogP contribution in [0.4, 0.5) is 22.9 Å². The standard InChI is InChI=1S/C28H29N5O3S/c1-28(2,3)22-15-21(25(37-22)26(29)35)32-27(36)24(34)19-10-11-20(18-9-7-6-8-17(18)19)31-16-12-13-30-23(14-16)33(4)5/h6-15H,1-5H3,(H2,29,35)(H,30,31)(H,32,36). The van der Waals surface area contributed by atoms with Crippen molar-refractivity contribution in [2.45, 2.75) is 26.2 Å². The lowest BCUT2D eigenvalue weighted by Crippen LogP contribution is -2.24. The van der Waals surface area contributed by atoms with Crippen LogP contribution in [0.15, 0.2) is 60.8 Å². The molecule has 4 N–H and O–H groups in total. The number of rotatable bonds is 7. The van der Waals surface area contributed by atoms with Crippen molar-refractivity contribution in [1.29, 1.82) is 0 Å². The number of anilines is 4. The van der Waals surface area contributed by atoms with E-state index in [4.69, 9.17) is 5.73 Å². The lowest BCUT2D eigenvalue weighted by Gasteiger charge is -2.15. The van der Waals surface area contributed by atoms with E-state index in [0.29, 0.717) is 5.39 Å². The number of ketones is 1. The van der Waals surface area contributed by atoms with Crippen LogP contribution in [0.25, 0.3) is 10.8 Å². The molecule has 2 aromatic carbocycles. The van der Waals surface area contributed by atoms with Crippen molar-refractivity contribution in [2.75, 3.05) is 29.6 Å². The highest BCUT2D eigenvalue weighted by Gasteiger charge is 2.26. The normalized spacial score (nSPS) is 11.3. The Hall–Kier alpha value is -4.24. The van der Waals surface area contributed by atoms with E-state index in [1.54, 1.807) is 30.5 Å². The molecule has 0 unspecified atom stereocenters. The van der Waals surface area contributed by atoms with Crippen LogP contribution >= 0.6 is 11.3 Å². The van der Waals surface area contributed by atoms with E-state index in [-0.39, 0.29) is 21.5 Å². The maximum absolute atomic E-state index is 13.3. The summed E-state index contributed by atoms with van der Waals surface area (Å²) >= 11 is 1.22. The molecule has 0 saturated carbocycles. The van der Waals surface area contributed by atoms with Crippen LogP contribution in [-0.2, 0) is 10.2 Å². The number of hydrogen-bond acceptors (Lipinski definition) is 7. The monoisotopic (exact) mass is 515 g/mol. The van der Waals surface area contributed by atoms with Crippen LogP contribution in [0.1, 0.15) is 45.7 Å². The van der Waals surface area contributed by atoms with Crippen molar-refractivity contribution >= 4 is 62.6 Å². The maximum atomic E-state index is 13.3. The molecule has 0 spiro atoms. The smallest absolute Gasteiger partial charge is 0.296 e. The van der Waals surface area contributed by atoms with E-state index in [1.807, 2.05) is 70.1 Å². The second-order valence-corrected chi connectivity index (χ2v) is 10.9. The summed E-state index contributed by atoms with van der Waals surface area (Å²) in [5.74, 6) is -1.40. The predicted molar refractivity (Wildman–Crippen MR) is 150 cm³/mol. The number of thiophene rings is 1. The second kappa shape index (κ2) is 10.0. The van der Waals surface area contributed by atoms with Crippen molar-refractivity contribution < 1.29 is 14.4 Å². The fourth-order valence-electron chi connectivity index (χ4n) is 3.84. The molecule has 2 aromatic heterocycles.